The Labute approximate surface area is 120 Å². The van der Waals surface area contributed by atoms with Crippen molar-refractivity contribution in [3.8, 4) is 11.5 Å². The number of carbonyl (C=O) groups is 1. The second-order valence-corrected chi connectivity index (χ2v) is 4.32. The maximum atomic E-state index is 11.8. The van der Waals surface area contributed by atoms with Crippen molar-refractivity contribution >= 4 is 5.91 Å². The third kappa shape index (κ3) is 5.48. The fraction of sp³-hybridized carbons (Fsp3) is 0.533. The van der Waals surface area contributed by atoms with E-state index >= 15 is 0 Å². The highest BCUT2D eigenvalue weighted by Crippen LogP contribution is 2.17. The van der Waals surface area contributed by atoms with E-state index in [0.29, 0.717) is 32.5 Å². The second kappa shape index (κ2) is 9.20. The molecule has 0 aliphatic carbocycles. The number of aliphatic hydroxyl groups is 1. The SMILES string of the molecule is CCN(CCO)C(=O)CCCOc1ccc(OC)cc1. The van der Waals surface area contributed by atoms with Crippen LogP contribution in [0.15, 0.2) is 24.3 Å². The summed E-state index contributed by atoms with van der Waals surface area (Å²) in [7, 11) is 1.62. The molecule has 0 aliphatic rings. The van der Waals surface area contributed by atoms with E-state index in [9.17, 15) is 4.79 Å². The van der Waals surface area contributed by atoms with Crippen molar-refractivity contribution in [2.45, 2.75) is 19.8 Å². The molecule has 0 radical (unpaired) electrons. The largest absolute Gasteiger partial charge is 0.497 e. The van der Waals surface area contributed by atoms with E-state index in [-0.39, 0.29) is 12.5 Å². The molecule has 0 aliphatic heterocycles. The van der Waals surface area contributed by atoms with Crippen LogP contribution in [0.4, 0.5) is 0 Å². The van der Waals surface area contributed by atoms with E-state index in [1.165, 1.54) is 0 Å². The van der Waals surface area contributed by atoms with Gasteiger partial charge in [-0.25, -0.2) is 0 Å². The van der Waals surface area contributed by atoms with Crippen LogP contribution in [0, 0.1) is 0 Å². The van der Waals surface area contributed by atoms with Crippen LogP contribution in [0.3, 0.4) is 0 Å². The molecule has 1 amide bonds. The number of carbonyl (C=O) groups excluding carboxylic acids is 1. The van der Waals surface area contributed by atoms with Crippen LogP contribution in [0.5, 0.6) is 11.5 Å². The zero-order chi connectivity index (χ0) is 14.8. The fourth-order valence-electron chi connectivity index (χ4n) is 1.82. The summed E-state index contributed by atoms with van der Waals surface area (Å²) in [6.45, 7) is 3.42. The van der Waals surface area contributed by atoms with E-state index < -0.39 is 0 Å². The number of amides is 1. The van der Waals surface area contributed by atoms with E-state index in [4.69, 9.17) is 14.6 Å². The molecule has 1 aromatic rings. The summed E-state index contributed by atoms with van der Waals surface area (Å²) in [5, 5.41) is 8.85. The minimum atomic E-state index is 0.00191. The lowest BCUT2D eigenvalue weighted by Gasteiger charge is -2.19. The van der Waals surface area contributed by atoms with Crippen LogP contribution >= 0.6 is 0 Å². The predicted molar refractivity (Wildman–Crippen MR) is 77.1 cm³/mol. The van der Waals surface area contributed by atoms with Crippen LogP contribution in [-0.4, -0.2) is 49.3 Å². The van der Waals surface area contributed by atoms with Gasteiger partial charge in [-0.3, -0.25) is 4.79 Å². The van der Waals surface area contributed by atoms with E-state index in [1.807, 2.05) is 31.2 Å². The fourth-order valence-corrected chi connectivity index (χ4v) is 1.82. The minimum absolute atomic E-state index is 0.00191. The Morgan fingerprint density at radius 1 is 1.25 bits per heavy atom. The van der Waals surface area contributed by atoms with Crippen LogP contribution in [0.25, 0.3) is 0 Å². The summed E-state index contributed by atoms with van der Waals surface area (Å²) in [4.78, 5) is 13.4. The zero-order valence-corrected chi connectivity index (χ0v) is 12.2. The number of ether oxygens (including phenoxy) is 2. The average Bonchev–Trinajstić information content (AvgIpc) is 2.49. The number of nitrogens with zero attached hydrogens (tertiary/aromatic N) is 1. The summed E-state index contributed by atoms with van der Waals surface area (Å²) < 4.78 is 10.6. The first-order valence-corrected chi connectivity index (χ1v) is 6.86. The molecule has 5 nitrogen and oxygen atoms in total. The van der Waals surface area contributed by atoms with Gasteiger partial charge in [0.1, 0.15) is 11.5 Å². The highest BCUT2D eigenvalue weighted by Gasteiger charge is 2.10. The van der Waals surface area contributed by atoms with Crippen molar-refractivity contribution in [3.05, 3.63) is 24.3 Å². The number of hydrogen-bond donors (Lipinski definition) is 1. The summed E-state index contributed by atoms with van der Waals surface area (Å²) in [6, 6.07) is 7.34. The smallest absolute Gasteiger partial charge is 0.222 e. The average molecular weight is 281 g/mol. The van der Waals surface area contributed by atoms with Gasteiger partial charge < -0.3 is 19.5 Å². The molecule has 0 atom stereocenters. The summed E-state index contributed by atoms with van der Waals surface area (Å²) in [6.07, 6.45) is 1.09. The standard InChI is InChI=1S/C15H23NO4/c1-3-16(10-11-17)15(18)5-4-12-20-14-8-6-13(19-2)7-9-14/h6-9,17H,3-5,10-12H2,1-2H3. The van der Waals surface area contributed by atoms with Gasteiger partial charge in [0.15, 0.2) is 0 Å². The van der Waals surface area contributed by atoms with E-state index in [2.05, 4.69) is 0 Å². The summed E-state index contributed by atoms with van der Waals surface area (Å²) >= 11 is 0. The lowest BCUT2D eigenvalue weighted by Crippen LogP contribution is -2.33. The third-order valence-corrected chi connectivity index (χ3v) is 2.97. The molecule has 112 valence electrons. The first-order chi connectivity index (χ1) is 9.71. The Kier molecular flexibility index (Phi) is 7.50. The molecule has 1 aromatic carbocycles. The van der Waals surface area contributed by atoms with Gasteiger partial charge in [0, 0.05) is 19.5 Å². The lowest BCUT2D eigenvalue weighted by atomic mass is 10.2. The van der Waals surface area contributed by atoms with Gasteiger partial charge in [0.05, 0.1) is 20.3 Å². The van der Waals surface area contributed by atoms with Crippen LogP contribution < -0.4 is 9.47 Å². The lowest BCUT2D eigenvalue weighted by molar-refractivity contribution is -0.131. The first-order valence-electron chi connectivity index (χ1n) is 6.86. The number of hydrogen-bond acceptors (Lipinski definition) is 4. The summed E-state index contributed by atoms with van der Waals surface area (Å²) in [5.41, 5.74) is 0. The molecule has 0 spiro atoms. The molecule has 1 N–H and O–H groups in total. The van der Waals surface area contributed by atoms with Crippen LogP contribution in [0.2, 0.25) is 0 Å². The molecular weight excluding hydrogens is 258 g/mol. The van der Waals surface area contributed by atoms with Crippen molar-refractivity contribution < 1.29 is 19.4 Å². The van der Waals surface area contributed by atoms with Gasteiger partial charge >= 0.3 is 0 Å². The molecule has 1 rings (SSSR count). The van der Waals surface area contributed by atoms with Gasteiger partial charge in [-0.2, -0.15) is 0 Å². The Bertz CT molecular complexity index is 391. The van der Waals surface area contributed by atoms with Crippen molar-refractivity contribution in [1.29, 1.82) is 0 Å². The number of methoxy groups -OCH3 is 1. The first kappa shape index (κ1) is 16.3. The zero-order valence-electron chi connectivity index (χ0n) is 12.2. The maximum Gasteiger partial charge on any atom is 0.222 e. The van der Waals surface area contributed by atoms with E-state index in [1.54, 1.807) is 12.0 Å². The molecule has 0 heterocycles. The third-order valence-electron chi connectivity index (χ3n) is 2.97. The molecule has 0 saturated carbocycles. The Balaban J connectivity index is 2.25. The molecule has 5 heteroatoms. The highest BCUT2D eigenvalue weighted by molar-refractivity contribution is 5.76. The van der Waals surface area contributed by atoms with E-state index in [0.717, 1.165) is 11.5 Å². The van der Waals surface area contributed by atoms with Crippen molar-refractivity contribution in [2.24, 2.45) is 0 Å². The maximum absolute atomic E-state index is 11.8. The molecule has 0 aromatic heterocycles. The minimum Gasteiger partial charge on any atom is -0.497 e. The second-order valence-electron chi connectivity index (χ2n) is 4.32. The Morgan fingerprint density at radius 3 is 2.45 bits per heavy atom. The molecule has 0 saturated heterocycles. The molecule has 0 fully saturated rings. The highest BCUT2D eigenvalue weighted by atomic mass is 16.5. The summed E-state index contributed by atoms with van der Waals surface area (Å²) in [5.74, 6) is 1.61. The van der Waals surface area contributed by atoms with Gasteiger partial charge in [0.25, 0.3) is 0 Å². The topological polar surface area (TPSA) is 59.0 Å². The predicted octanol–water partition coefficient (Wildman–Crippen LogP) is 1.69. The van der Waals surface area contributed by atoms with Crippen LogP contribution in [0.1, 0.15) is 19.8 Å². The molecule has 0 bridgehead atoms. The number of aliphatic hydroxyl groups excluding tert-OH is 1. The van der Waals surface area contributed by atoms with Gasteiger partial charge in [-0.1, -0.05) is 0 Å². The van der Waals surface area contributed by atoms with Crippen molar-refractivity contribution in [3.63, 3.8) is 0 Å². The van der Waals surface area contributed by atoms with Gasteiger partial charge in [-0.05, 0) is 37.6 Å². The normalized spacial score (nSPS) is 10.2. The quantitative estimate of drug-likeness (QED) is 0.700. The molecular formula is C15H23NO4. The molecule has 20 heavy (non-hydrogen) atoms. The monoisotopic (exact) mass is 281 g/mol. The number of benzene rings is 1. The number of likely N-dealkylation sites (N-methyl/N-ethyl adjacent to an activating group) is 1. The van der Waals surface area contributed by atoms with Crippen LogP contribution in [-0.2, 0) is 4.79 Å². The molecule has 0 unspecified atom stereocenters. The Morgan fingerprint density at radius 2 is 1.90 bits per heavy atom. The Hall–Kier alpha value is -1.75. The van der Waals surface area contributed by atoms with Gasteiger partial charge in [-0.15, -0.1) is 0 Å². The van der Waals surface area contributed by atoms with Crippen molar-refractivity contribution in [2.75, 3.05) is 33.4 Å². The number of rotatable bonds is 9. The van der Waals surface area contributed by atoms with Crippen molar-refractivity contribution in [1.82, 2.24) is 4.90 Å². The van der Waals surface area contributed by atoms with Gasteiger partial charge in [0.2, 0.25) is 5.91 Å².